The molecule has 1 spiro atoms. The fourth-order valence-electron chi connectivity index (χ4n) is 7.52. The molecule has 3 fully saturated rings. The third-order valence-corrected chi connectivity index (χ3v) is 10.1. The number of rotatable bonds is 5. The Kier molecular flexibility index (Phi) is 6.57. The number of methoxy groups -OCH3 is 1. The van der Waals surface area contributed by atoms with Gasteiger partial charge in [-0.1, -0.05) is 47.8 Å². The molecule has 3 aromatic carbocycles. The summed E-state index contributed by atoms with van der Waals surface area (Å²) in [6.45, 7) is 0.905. The number of benzene rings is 3. The molecule has 1 N–H and O–H groups in total. The van der Waals surface area contributed by atoms with Gasteiger partial charge in [0.25, 0.3) is 0 Å². The third-order valence-electron chi connectivity index (χ3n) is 9.58. The van der Waals surface area contributed by atoms with E-state index in [9.17, 15) is 14.4 Å². The van der Waals surface area contributed by atoms with Crippen LogP contribution in [-0.2, 0) is 19.9 Å². The summed E-state index contributed by atoms with van der Waals surface area (Å²) < 4.78 is 20.8. The number of carbonyl (C=O) groups excluding carboxylic acids is 3. The number of anilines is 2. The lowest BCUT2D eigenvalue weighted by molar-refractivity contribution is -0.128. The molecule has 216 valence electrons. The first-order valence-corrected chi connectivity index (χ1v) is 14.8. The normalized spacial score (nSPS) is 26.8. The summed E-state index contributed by atoms with van der Waals surface area (Å²) in [5.74, 6) is -2.82. The SMILES string of the molecule is COC(=O)c1ccc(N2C[C@H]3[C@@H](C2=O)[C@H](c2cccc(Cl)c2F)[C@]2(C(=O)Nc4cc(Cl)ccc42)N3CC2CCC2)cc1. The lowest BCUT2D eigenvalue weighted by Gasteiger charge is -2.43. The molecule has 7 rings (SSSR count). The van der Waals surface area contributed by atoms with Crippen LogP contribution in [0.2, 0.25) is 10.0 Å². The molecule has 42 heavy (non-hydrogen) atoms. The Labute approximate surface area is 252 Å². The third kappa shape index (κ3) is 3.85. The van der Waals surface area contributed by atoms with Crippen molar-refractivity contribution in [3.05, 3.63) is 93.2 Å². The van der Waals surface area contributed by atoms with E-state index in [0.29, 0.717) is 46.5 Å². The summed E-state index contributed by atoms with van der Waals surface area (Å²) in [6, 6.07) is 16.3. The number of hydrogen-bond donors (Lipinski definition) is 1. The van der Waals surface area contributed by atoms with E-state index in [2.05, 4.69) is 10.2 Å². The molecular weight excluding hydrogens is 580 g/mol. The molecule has 0 radical (unpaired) electrons. The van der Waals surface area contributed by atoms with Crippen LogP contribution in [-0.4, -0.2) is 48.9 Å². The minimum atomic E-state index is -1.33. The Bertz CT molecular complexity index is 1630. The molecule has 0 aromatic heterocycles. The zero-order valence-corrected chi connectivity index (χ0v) is 24.3. The molecule has 4 aliphatic rings. The average molecular weight is 608 g/mol. The molecule has 2 amide bonds. The Morgan fingerprint density at radius 2 is 1.86 bits per heavy atom. The van der Waals surface area contributed by atoms with Gasteiger partial charge in [0.05, 0.1) is 23.6 Å². The molecular formula is C32H28Cl2FN3O4. The van der Waals surface area contributed by atoms with Crippen molar-refractivity contribution in [2.75, 3.05) is 30.4 Å². The summed E-state index contributed by atoms with van der Waals surface area (Å²) in [4.78, 5) is 44.7. The topological polar surface area (TPSA) is 78.9 Å². The number of carbonyl (C=O) groups is 3. The number of amides is 2. The predicted molar refractivity (Wildman–Crippen MR) is 157 cm³/mol. The number of fused-ring (bicyclic) bond motifs is 3. The summed E-state index contributed by atoms with van der Waals surface area (Å²) in [7, 11) is 1.31. The second-order valence-corrected chi connectivity index (χ2v) is 12.4. The van der Waals surface area contributed by atoms with Crippen LogP contribution in [0.4, 0.5) is 15.8 Å². The van der Waals surface area contributed by atoms with Gasteiger partial charge in [0.2, 0.25) is 11.8 Å². The van der Waals surface area contributed by atoms with Crippen molar-refractivity contribution < 1.29 is 23.5 Å². The first-order chi connectivity index (χ1) is 20.2. The molecule has 2 saturated heterocycles. The molecule has 3 aliphatic heterocycles. The molecule has 4 atom stereocenters. The van der Waals surface area contributed by atoms with E-state index in [1.165, 1.54) is 13.2 Å². The Morgan fingerprint density at radius 1 is 1.10 bits per heavy atom. The standard InChI is InChI=1S/C32H28Cl2FN3O4/c1-42-30(40)18-8-11-20(12-9-18)37-16-25-26(29(37)39)27(21-6-3-7-23(34)28(21)35)32(38(25)15-17-4-2-5-17)22-13-10-19(33)14-24(22)36-31(32)41/h3,6-14,17,25-27H,2,4-5,15-16H2,1H3,(H,36,41)/t25-,26+,27-,32+/m0/s1. The van der Waals surface area contributed by atoms with Crippen LogP contribution in [0.15, 0.2) is 60.7 Å². The molecule has 0 bridgehead atoms. The van der Waals surface area contributed by atoms with Crippen LogP contribution in [0.5, 0.6) is 0 Å². The number of esters is 1. The number of likely N-dealkylation sites (tertiary alicyclic amines) is 1. The Hall–Kier alpha value is -3.46. The number of nitrogens with zero attached hydrogens (tertiary/aromatic N) is 2. The van der Waals surface area contributed by atoms with Crippen LogP contribution in [0.25, 0.3) is 0 Å². The van der Waals surface area contributed by atoms with E-state index in [0.717, 1.165) is 19.3 Å². The monoisotopic (exact) mass is 607 g/mol. The van der Waals surface area contributed by atoms with Crippen molar-refractivity contribution in [2.24, 2.45) is 11.8 Å². The van der Waals surface area contributed by atoms with E-state index in [4.69, 9.17) is 27.9 Å². The highest BCUT2D eigenvalue weighted by Gasteiger charge is 2.71. The van der Waals surface area contributed by atoms with Gasteiger partial charge in [-0.2, -0.15) is 0 Å². The predicted octanol–water partition coefficient (Wildman–Crippen LogP) is 6.00. The van der Waals surface area contributed by atoms with Gasteiger partial charge in [-0.15, -0.1) is 0 Å². The molecule has 0 unspecified atom stereocenters. The Morgan fingerprint density at radius 3 is 2.55 bits per heavy atom. The maximum Gasteiger partial charge on any atom is 0.337 e. The van der Waals surface area contributed by atoms with Crippen LogP contribution < -0.4 is 10.2 Å². The number of halogens is 3. The highest BCUT2D eigenvalue weighted by atomic mass is 35.5. The van der Waals surface area contributed by atoms with Gasteiger partial charge in [0, 0.05) is 47.0 Å². The van der Waals surface area contributed by atoms with Crippen molar-refractivity contribution >= 4 is 52.4 Å². The molecule has 3 heterocycles. The lowest BCUT2D eigenvalue weighted by atomic mass is 9.71. The Balaban J connectivity index is 1.41. The minimum absolute atomic E-state index is 0.0629. The van der Waals surface area contributed by atoms with Crippen molar-refractivity contribution in [3.8, 4) is 0 Å². The molecule has 1 aliphatic carbocycles. The van der Waals surface area contributed by atoms with Crippen LogP contribution in [0.1, 0.15) is 46.7 Å². The fraction of sp³-hybridized carbons (Fsp3) is 0.344. The maximum absolute atomic E-state index is 16.0. The van der Waals surface area contributed by atoms with Gasteiger partial charge < -0.3 is 15.0 Å². The minimum Gasteiger partial charge on any atom is -0.465 e. The summed E-state index contributed by atoms with van der Waals surface area (Å²) >= 11 is 12.6. The van der Waals surface area contributed by atoms with Gasteiger partial charge >= 0.3 is 5.97 Å². The zero-order valence-electron chi connectivity index (χ0n) is 22.8. The van der Waals surface area contributed by atoms with E-state index in [1.807, 2.05) is 6.07 Å². The number of ether oxygens (including phenoxy) is 1. The van der Waals surface area contributed by atoms with Crippen LogP contribution in [0.3, 0.4) is 0 Å². The second kappa shape index (κ2) is 10.1. The van der Waals surface area contributed by atoms with E-state index >= 15 is 4.39 Å². The van der Waals surface area contributed by atoms with E-state index in [-0.39, 0.29) is 28.4 Å². The molecule has 10 heteroatoms. The number of nitrogens with one attached hydrogen (secondary N) is 1. The van der Waals surface area contributed by atoms with Crippen LogP contribution >= 0.6 is 23.2 Å². The van der Waals surface area contributed by atoms with Gasteiger partial charge in [0.1, 0.15) is 11.4 Å². The van der Waals surface area contributed by atoms with Gasteiger partial charge in [0.15, 0.2) is 0 Å². The second-order valence-electron chi connectivity index (χ2n) is 11.6. The van der Waals surface area contributed by atoms with Crippen molar-refractivity contribution in [1.82, 2.24) is 4.90 Å². The smallest absolute Gasteiger partial charge is 0.337 e. The van der Waals surface area contributed by atoms with Gasteiger partial charge in [-0.3, -0.25) is 14.5 Å². The average Bonchev–Trinajstić information content (AvgIpc) is 3.54. The van der Waals surface area contributed by atoms with Crippen molar-refractivity contribution in [1.29, 1.82) is 0 Å². The number of hydrogen-bond acceptors (Lipinski definition) is 5. The first kappa shape index (κ1) is 27.4. The van der Waals surface area contributed by atoms with Crippen molar-refractivity contribution in [3.63, 3.8) is 0 Å². The maximum atomic E-state index is 16.0. The molecule has 1 saturated carbocycles. The first-order valence-electron chi connectivity index (χ1n) is 14.1. The van der Waals surface area contributed by atoms with E-state index < -0.39 is 29.2 Å². The fourth-order valence-corrected chi connectivity index (χ4v) is 7.87. The quantitative estimate of drug-likeness (QED) is 0.360. The lowest BCUT2D eigenvalue weighted by Crippen LogP contribution is -2.55. The molecule has 3 aromatic rings. The zero-order chi connectivity index (χ0) is 29.3. The summed E-state index contributed by atoms with van der Waals surface area (Å²) in [6.07, 6.45) is 3.17. The summed E-state index contributed by atoms with van der Waals surface area (Å²) in [5.41, 5.74) is 1.16. The van der Waals surface area contributed by atoms with Crippen LogP contribution in [0, 0.1) is 17.7 Å². The van der Waals surface area contributed by atoms with Crippen molar-refractivity contribution in [2.45, 2.75) is 36.8 Å². The highest BCUT2D eigenvalue weighted by Crippen LogP contribution is 2.62. The van der Waals surface area contributed by atoms with E-state index in [1.54, 1.807) is 53.4 Å². The highest BCUT2D eigenvalue weighted by molar-refractivity contribution is 6.31. The largest absolute Gasteiger partial charge is 0.465 e. The summed E-state index contributed by atoms with van der Waals surface area (Å²) in [5, 5.41) is 3.43. The van der Waals surface area contributed by atoms with Gasteiger partial charge in [-0.25, -0.2) is 9.18 Å². The molecule has 7 nitrogen and oxygen atoms in total. The van der Waals surface area contributed by atoms with Gasteiger partial charge in [-0.05, 0) is 66.8 Å².